The van der Waals surface area contributed by atoms with E-state index in [2.05, 4.69) is 27.8 Å². The SMILES string of the molecule is CCNC(=NCC1(c2ccccc2)CCC1)NCCC(F)(F)F.I. The first kappa shape index (κ1) is 21.1. The van der Waals surface area contributed by atoms with Crippen LogP contribution in [0, 0.1) is 0 Å². The summed E-state index contributed by atoms with van der Waals surface area (Å²) in [6.45, 7) is 2.96. The molecule has 1 aromatic rings. The fourth-order valence-corrected chi connectivity index (χ4v) is 2.83. The molecule has 24 heavy (non-hydrogen) atoms. The van der Waals surface area contributed by atoms with E-state index in [0.29, 0.717) is 19.0 Å². The van der Waals surface area contributed by atoms with E-state index >= 15 is 0 Å². The van der Waals surface area contributed by atoms with Gasteiger partial charge in [0.1, 0.15) is 0 Å². The molecule has 1 aromatic carbocycles. The summed E-state index contributed by atoms with van der Waals surface area (Å²) in [6.07, 6.45) is -1.70. The Morgan fingerprint density at radius 2 is 1.83 bits per heavy atom. The molecule has 0 aromatic heterocycles. The summed E-state index contributed by atoms with van der Waals surface area (Å²) in [7, 11) is 0. The minimum absolute atomic E-state index is 0. The van der Waals surface area contributed by atoms with E-state index in [1.54, 1.807) is 0 Å². The lowest BCUT2D eigenvalue weighted by Gasteiger charge is -2.41. The first-order valence-corrected chi connectivity index (χ1v) is 8.10. The van der Waals surface area contributed by atoms with Crippen LogP contribution in [0.1, 0.15) is 38.2 Å². The molecule has 7 heteroatoms. The van der Waals surface area contributed by atoms with Gasteiger partial charge in [-0.3, -0.25) is 4.99 Å². The number of halogens is 4. The van der Waals surface area contributed by atoms with E-state index < -0.39 is 12.6 Å². The van der Waals surface area contributed by atoms with Gasteiger partial charge in [-0.15, -0.1) is 24.0 Å². The summed E-state index contributed by atoms with van der Waals surface area (Å²) in [4.78, 5) is 4.53. The molecular weight excluding hydrogens is 430 g/mol. The monoisotopic (exact) mass is 455 g/mol. The molecule has 0 spiro atoms. The number of hydrogen-bond acceptors (Lipinski definition) is 1. The zero-order valence-corrected chi connectivity index (χ0v) is 16.2. The lowest BCUT2D eigenvalue weighted by Crippen LogP contribution is -2.42. The molecule has 0 aliphatic heterocycles. The van der Waals surface area contributed by atoms with Gasteiger partial charge in [-0.05, 0) is 25.3 Å². The third kappa shape index (κ3) is 6.14. The molecule has 0 bridgehead atoms. The second kappa shape index (κ2) is 9.48. The highest BCUT2D eigenvalue weighted by Crippen LogP contribution is 2.43. The van der Waals surface area contributed by atoms with Crippen LogP contribution >= 0.6 is 24.0 Å². The molecule has 136 valence electrons. The maximum absolute atomic E-state index is 12.3. The van der Waals surface area contributed by atoms with Crippen LogP contribution in [0.3, 0.4) is 0 Å². The number of nitrogens with zero attached hydrogens (tertiary/aromatic N) is 1. The average Bonchev–Trinajstić information content (AvgIpc) is 2.46. The van der Waals surface area contributed by atoms with Crippen molar-refractivity contribution in [1.82, 2.24) is 10.6 Å². The Kier molecular flexibility index (Phi) is 8.32. The van der Waals surface area contributed by atoms with E-state index in [9.17, 15) is 13.2 Å². The smallest absolute Gasteiger partial charge is 0.357 e. The molecule has 3 nitrogen and oxygen atoms in total. The summed E-state index contributed by atoms with van der Waals surface area (Å²) in [6, 6.07) is 10.2. The van der Waals surface area contributed by atoms with Crippen molar-refractivity contribution >= 4 is 29.9 Å². The predicted octanol–water partition coefficient (Wildman–Crippen LogP) is 4.23. The summed E-state index contributed by atoms with van der Waals surface area (Å²) in [5.41, 5.74) is 1.30. The van der Waals surface area contributed by atoms with Gasteiger partial charge in [-0.25, -0.2) is 0 Å². The van der Waals surface area contributed by atoms with Crippen molar-refractivity contribution in [2.75, 3.05) is 19.6 Å². The van der Waals surface area contributed by atoms with Crippen LogP contribution in [0.2, 0.25) is 0 Å². The van der Waals surface area contributed by atoms with Crippen molar-refractivity contribution in [3.05, 3.63) is 35.9 Å². The minimum atomic E-state index is -4.15. The minimum Gasteiger partial charge on any atom is -0.357 e. The van der Waals surface area contributed by atoms with Gasteiger partial charge in [0.2, 0.25) is 0 Å². The van der Waals surface area contributed by atoms with Gasteiger partial charge in [0, 0.05) is 18.5 Å². The lowest BCUT2D eigenvalue weighted by atomic mass is 9.64. The summed E-state index contributed by atoms with van der Waals surface area (Å²) in [5.74, 6) is 0.457. The van der Waals surface area contributed by atoms with Crippen LogP contribution in [0.15, 0.2) is 35.3 Å². The number of guanidine groups is 1. The topological polar surface area (TPSA) is 36.4 Å². The number of benzene rings is 1. The molecule has 1 fully saturated rings. The number of hydrogen-bond donors (Lipinski definition) is 2. The van der Waals surface area contributed by atoms with Gasteiger partial charge < -0.3 is 10.6 Å². The predicted molar refractivity (Wildman–Crippen MR) is 102 cm³/mol. The van der Waals surface area contributed by atoms with Crippen molar-refractivity contribution in [1.29, 1.82) is 0 Å². The molecule has 0 amide bonds. The molecule has 2 N–H and O–H groups in total. The van der Waals surface area contributed by atoms with E-state index in [0.717, 1.165) is 12.8 Å². The van der Waals surface area contributed by atoms with Crippen LogP contribution in [0.4, 0.5) is 13.2 Å². The fraction of sp³-hybridized carbons (Fsp3) is 0.588. The second-order valence-electron chi connectivity index (χ2n) is 5.99. The van der Waals surface area contributed by atoms with Crippen molar-refractivity contribution in [2.24, 2.45) is 4.99 Å². The Labute approximate surface area is 158 Å². The molecular formula is C17H25F3IN3. The summed E-state index contributed by atoms with van der Waals surface area (Å²) >= 11 is 0. The van der Waals surface area contributed by atoms with Gasteiger partial charge in [0.25, 0.3) is 0 Å². The molecule has 0 atom stereocenters. The van der Waals surface area contributed by atoms with Gasteiger partial charge >= 0.3 is 6.18 Å². The quantitative estimate of drug-likeness (QED) is 0.383. The van der Waals surface area contributed by atoms with Crippen molar-refractivity contribution < 1.29 is 13.2 Å². The summed E-state index contributed by atoms with van der Waals surface area (Å²) < 4.78 is 36.8. The van der Waals surface area contributed by atoms with Crippen LogP contribution in [-0.2, 0) is 5.41 Å². The highest BCUT2D eigenvalue weighted by atomic mass is 127. The third-order valence-corrected chi connectivity index (χ3v) is 4.28. The Bertz CT molecular complexity index is 514. The first-order chi connectivity index (χ1) is 11.0. The van der Waals surface area contributed by atoms with Crippen LogP contribution in [0.25, 0.3) is 0 Å². The maximum Gasteiger partial charge on any atom is 0.390 e. The molecule has 0 saturated heterocycles. The third-order valence-electron chi connectivity index (χ3n) is 4.28. The van der Waals surface area contributed by atoms with Crippen LogP contribution in [-0.4, -0.2) is 31.8 Å². The highest BCUT2D eigenvalue weighted by Gasteiger charge is 2.38. The highest BCUT2D eigenvalue weighted by molar-refractivity contribution is 14.0. The van der Waals surface area contributed by atoms with E-state index in [4.69, 9.17) is 0 Å². The molecule has 0 unspecified atom stereocenters. The normalized spacial score (nSPS) is 16.8. The zero-order chi connectivity index (χ0) is 16.8. The van der Waals surface area contributed by atoms with E-state index in [-0.39, 0.29) is 35.9 Å². The van der Waals surface area contributed by atoms with Crippen molar-refractivity contribution in [3.63, 3.8) is 0 Å². The van der Waals surface area contributed by atoms with E-state index in [1.807, 2.05) is 25.1 Å². The van der Waals surface area contributed by atoms with Gasteiger partial charge in [0.15, 0.2) is 5.96 Å². The number of alkyl halides is 3. The molecule has 2 rings (SSSR count). The van der Waals surface area contributed by atoms with E-state index in [1.165, 1.54) is 12.0 Å². The molecule has 1 saturated carbocycles. The molecule has 0 heterocycles. The second-order valence-corrected chi connectivity index (χ2v) is 5.99. The Morgan fingerprint density at radius 1 is 1.17 bits per heavy atom. The van der Waals surface area contributed by atoms with Crippen molar-refractivity contribution in [2.45, 2.75) is 44.2 Å². The van der Waals surface area contributed by atoms with Crippen molar-refractivity contribution in [3.8, 4) is 0 Å². The summed E-state index contributed by atoms with van der Waals surface area (Å²) in [5, 5.41) is 5.78. The number of aliphatic imine (C=N–C) groups is 1. The number of nitrogens with one attached hydrogen (secondary N) is 2. The first-order valence-electron chi connectivity index (χ1n) is 8.10. The Morgan fingerprint density at radius 3 is 2.33 bits per heavy atom. The van der Waals surface area contributed by atoms with Gasteiger partial charge in [-0.2, -0.15) is 13.2 Å². The Balaban J connectivity index is 0.00000288. The zero-order valence-electron chi connectivity index (χ0n) is 13.8. The van der Waals surface area contributed by atoms with Gasteiger partial charge in [0.05, 0.1) is 13.0 Å². The standard InChI is InChI=1S/C17H24F3N3.HI/c1-2-21-15(22-12-11-17(18,19)20)23-13-16(9-6-10-16)14-7-4-3-5-8-14;/h3-5,7-8H,2,6,9-13H2,1H3,(H2,21,22,23);1H. The largest absolute Gasteiger partial charge is 0.390 e. The Hall–Kier alpha value is -0.990. The molecule has 0 radical (unpaired) electrons. The fourth-order valence-electron chi connectivity index (χ4n) is 2.83. The number of rotatable bonds is 6. The van der Waals surface area contributed by atoms with Crippen LogP contribution in [0.5, 0.6) is 0 Å². The van der Waals surface area contributed by atoms with Gasteiger partial charge in [-0.1, -0.05) is 36.8 Å². The lowest BCUT2D eigenvalue weighted by molar-refractivity contribution is -0.132. The average molecular weight is 455 g/mol. The maximum atomic E-state index is 12.3. The molecule has 1 aliphatic rings. The molecule has 1 aliphatic carbocycles. The van der Waals surface area contributed by atoms with Crippen LogP contribution < -0.4 is 10.6 Å².